The number of thiophene rings is 1. The number of aromatic nitrogens is 5. The number of halogens is 4. The highest BCUT2D eigenvalue weighted by Gasteiger charge is 2.37. The molecule has 6 aromatic rings. The molecule has 1 N–H and O–H groups in total. The van der Waals surface area contributed by atoms with Gasteiger partial charge >= 0.3 is 12.1 Å². The molecule has 15 heteroatoms. The first-order valence-corrected chi connectivity index (χ1v) is 15.9. The molecule has 0 spiro atoms. The predicted molar refractivity (Wildman–Crippen MR) is 178 cm³/mol. The number of carboxylic acids is 1. The van der Waals surface area contributed by atoms with E-state index in [0.717, 1.165) is 6.07 Å². The van der Waals surface area contributed by atoms with Gasteiger partial charge < -0.3 is 9.84 Å². The van der Waals surface area contributed by atoms with Crippen LogP contribution in [0.5, 0.6) is 5.75 Å². The van der Waals surface area contributed by atoms with E-state index in [0.29, 0.717) is 43.6 Å². The molecule has 0 aliphatic rings. The minimum atomic E-state index is -4.88. The molecule has 0 aliphatic heterocycles. The third-order valence-electron chi connectivity index (χ3n) is 7.91. The molecule has 0 amide bonds. The standard InChI is InChI=1S/C34H24ClF3N6O4S/c1-15-9-21(31-30(41-15)24(14-49-31)33(46)47)20-10-19(35)5-6-27(20)48-8-7-44-18(4)43-26-11-25(34(36,37)38)28(22(12-39)29(26)32(44)45)23-13-40-17(3)42-16(23)2/h5-6,9-11,13-14H,7-8H2,1-4H3,(H,46,47). The van der Waals surface area contributed by atoms with Crippen LogP contribution in [0.4, 0.5) is 13.2 Å². The van der Waals surface area contributed by atoms with Gasteiger partial charge in [0.25, 0.3) is 5.56 Å². The van der Waals surface area contributed by atoms with Crippen molar-refractivity contribution < 1.29 is 27.8 Å². The fourth-order valence-electron chi connectivity index (χ4n) is 5.77. The van der Waals surface area contributed by atoms with Crippen LogP contribution in [0, 0.1) is 39.0 Å². The molecule has 0 saturated heterocycles. The summed E-state index contributed by atoms with van der Waals surface area (Å²) in [6, 6.07) is 9.33. The van der Waals surface area contributed by atoms with Crippen LogP contribution in [0.1, 0.15) is 44.5 Å². The highest BCUT2D eigenvalue weighted by atomic mass is 35.5. The Bertz CT molecular complexity index is 2450. The minimum Gasteiger partial charge on any atom is -0.491 e. The van der Waals surface area contributed by atoms with Crippen LogP contribution in [-0.4, -0.2) is 42.2 Å². The lowest BCUT2D eigenvalue weighted by Crippen LogP contribution is -2.27. The summed E-state index contributed by atoms with van der Waals surface area (Å²) in [6.07, 6.45) is -3.67. The number of carboxylic acid groups (broad SMARTS) is 1. The van der Waals surface area contributed by atoms with Gasteiger partial charge in [-0.15, -0.1) is 11.3 Å². The van der Waals surface area contributed by atoms with Gasteiger partial charge in [-0.3, -0.25) is 14.3 Å². The van der Waals surface area contributed by atoms with Crippen molar-refractivity contribution >= 4 is 50.0 Å². The minimum absolute atomic E-state index is 0.0248. The van der Waals surface area contributed by atoms with Gasteiger partial charge in [0.15, 0.2) is 0 Å². The maximum absolute atomic E-state index is 14.4. The van der Waals surface area contributed by atoms with Crippen molar-refractivity contribution in [3.63, 3.8) is 0 Å². The monoisotopic (exact) mass is 704 g/mol. The zero-order valence-corrected chi connectivity index (χ0v) is 27.8. The Hall–Kier alpha value is -5.39. The number of nitriles is 1. The molecule has 6 rings (SSSR count). The maximum Gasteiger partial charge on any atom is 0.417 e. The van der Waals surface area contributed by atoms with E-state index in [2.05, 4.69) is 19.9 Å². The summed E-state index contributed by atoms with van der Waals surface area (Å²) in [5, 5.41) is 21.5. The Kier molecular flexibility index (Phi) is 8.60. The highest BCUT2D eigenvalue weighted by Crippen LogP contribution is 2.43. The third kappa shape index (κ3) is 6.07. The largest absolute Gasteiger partial charge is 0.491 e. The Morgan fingerprint density at radius 1 is 1.08 bits per heavy atom. The molecule has 0 aliphatic carbocycles. The van der Waals surface area contributed by atoms with E-state index >= 15 is 0 Å². The number of nitrogens with zero attached hydrogens (tertiary/aromatic N) is 6. The summed E-state index contributed by atoms with van der Waals surface area (Å²) in [7, 11) is 0. The molecule has 0 unspecified atom stereocenters. The zero-order chi connectivity index (χ0) is 35.4. The second-order valence-corrected chi connectivity index (χ2v) is 12.5. The number of hydrogen-bond donors (Lipinski definition) is 1. The van der Waals surface area contributed by atoms with Gasteiger partial charge in [-0.1, -0.05) is 11.6 Å². The van der Waals surface area contributed by atoms with Crippen molar-refractivity contribution in [1.29, 1.82) is 5.26 Å². The molecule has 0 radical (unpaired) electrons. The van der Waals surface area contributed by atoms with Crippen LogP contribution in [0.2, 0.25) is 5.02 Å². The Labute approximate surface area is 285 Å². The first kappa shape index (κ1) is 33.5. The average molecular weight is 705 g/mol. The summed E-state index contributed by atoms with van der Waals surface area (Å²) in [6.45, 7) is 6.16. The van der Waals surface area contributed by atoms with E-state index in [1.54, 1.807) is 38.1 Å². The van der Waals surface area contributed by atoms with Gasteiger partial charge in [-0.2, -0.15) is 18.4 Å². The number of benzene rings is 2. The summed E-state index contributed by atoms with van der Waals surface area (Å²) in [4.78, 5) is 42.7. The van der Waals surface area contributed by atoms with E-state index in [1.807, 2.05) is 6.07 Å². The molecule has 49 heavy (non-hydrogen) atoms. The normalized spacial score (nSPS) is 11.7. The molecule has 2 aromatic carbocycles. The summed E-state index contributed by atoms with van der Waals surface area (Å²) in [5.41, 5.74) is -0.711. The first-order chi connectivity index (χ1) is 23.2. The van der Waals surface area contributed by atoms with Crippen LogP contribution < -0.4 is 10.3 Å². The van der Waals surface area contributed by atoms with Crippen molar-refractivity contribution in [1.82, 2.24) is 24.5 Å². The lowest BCUT2D eigenvalue weighted by Gasteiger charge is -2.19. The molecule has 10 nitrogen and oxygen atoms in total. The van der Waals surface area contributed by atoms with Crippen molar-refractivity contribution in [2.45, 2.75) is 40.4 Å². The number of carbonyl (C=O) groups is 1. The first-order valence-electron chi connectivity index (χ1n) is 14.6. The second-order valence-electron chi connectivity index (χ2n) is 11.1. The Morgan fingerprint density at radius 2 is 1.84 bits per heavy atom. The fourth-order valence-corrected chi connectivity index (χ4v) is 6.95. The SMILES string of the molecule is Cc1cc(-c2cc(Cl)ccc2OCCn2c(C)nc3cc(C(F)(F)F)c(-c4cnc(C)nc4C)c(C#N)c3c2=O)c2scc(C(=O)O)c2n1. The van der Waals surface area contributed by atoms with Crippen LogP contribution in [0.15, 0.2) is 46.7 Å². The zero-order valence-electron chi connectivity index (χ0n) is 26.2. The predicted octanol–water partition coefficient (Wildman–Crippen LogP) is 7.68. The van der Waals surface area contributed by atoms with E-state index in [9.17, 15) is 33.1 Å². The number of rotatable bonds is 7. The van der Waals surface area contributed by atoms with E-state index in [4.69, 9.17) is 16.3 Å². The molecule has 0 bridgehead atoms. The van der Waals surface area contributed by atoms with Crippen molar-refractivity contribution in [3.05, 3.63) is 97.0 Å². The van der Waals surface area contributed by atoms with E-state index in [1.165, 1.54) is 41.3 Å². The van der Waals surface area contributed by atoms with E-state index in [-0.39, 0.29) is 46.7 Å². The third-order valence-corrected chi connectivity index (χ3v) is 9.15. The maximum atomic E-state index is 14.4. The van der Waals surface area contributed by atoms with Gasteiger partial charge in [-0.25, -0.2) is 19.7 Å². The summed E-state index contributed by atoms with van der Waals surface area (Å²) in [5.74, 6) is -0.276. The number of aromatic carboxylic acids is 1. The number of pyridine rings is 1. The summed E-state index contributed by atoms with van der Waals surface area (Å²) >= 11 is 7.58. The number of alkyl halides is 3. The Balaban J connectivity index is 1.43. The number of aryl methyl sites for hydroxylation is 4. The Morgan fingerprint density at radius 3 is 2.51 bits per heavy atom. The average Bonchev–Trinajstić information content (AvgIpc) is 3.46. The van der Waals surface area contributed by atoms with Crippen LogP contribution in [0.3, 0.4) is 0 Å². The van der Waals surface area contributed by atoms with Gasteiger partial charge in [-0.05, 0) is 58.0 Å². The van der Waals surface area contributed by atoms with Crippen LogP contribution in [0.25, 0.3) is 43.4 Å². The fraction of sp³-hybridized carbons (Fsp3) is 0.206. The van der Waals surface area contributed by atoms with Gasteiger partial charge in [0, 0.05) is 50.2 Å². The van der Waals surface area contributed by atoms with Crippen molar-refractivity contribution in [2.75, 3.05) is 6.61 Å². The number of fused-ring (bicyclic) bond motifs is 2. The topological polar surface area (TPSA) is 144 Å². The number of ether oxygens (including phenoxy) is 1. The van der Waals surface area contributed by atoms with Gasteiger partial charge in [0.05, 0.1) is 44.4 Å². The van der Waals surface area contributed by atoms with Gasteiger partial charge in [0.1, 0.15) is 30.1 Å². The lowest BCUT2D eigenvalue weighted by molar-refractivity contribution is -0.137. The molecule has 0 fully saturated rings. The highest BCUT2D eigenvalue weighted by molar-refractivity contribution is 7.18. The molecule has 4 aromatic heterocycles. The quantitative estimate of drug-likeness (QED) is 0.177. The number of hydrogen-bond acceptors (Lipinski definition) is 9. The molecule has 0 saturated carbocycles. The molecular weight excluding hydrogens is 681 g/mol. The molecule has 0 atom stereocenters. The molecular formula is C34H24ClF3N6O4S. The molecule has 4 heterocycles. The second kappa shape index (κ2) is 12.6. The summed E-state index contributed by atoms with van der Waals surface area (Å²) < 4.78 is 51.2. The van der Waals surface area contributed by atoms with Crippen LogP contribution in [-0.2, 0) is 12.7 Å². The molecule has 248 valence electrons. The van der Waals surface area contributed by atoms with E-state index < -0.39 is 34.4 Å². The smallest absolute Gasteiger partial charge is 0.417 e. The lowest BCUT2D eigenvalue weighted by atomic mass is 9.91. The van der Waals surface area contributed by atoms with Crippen molar-refractivity contribution in [3.8, 4) is 34.1 Å². The van der Waals surface area contributed by atoms with Gasteiger partial charge in [0.2, 0.25) is 0 Å². The van der Waals surface area contributed by atoms with Crippen molar-refractivity contribution in [2.24, 2.45) is 0 Å². The van der Waals surface area contributed by atoms with Crippen LogP contribution >= 0.6 is 22.9 Å².